The molecule has 0 aliphatic rings. The molecule has 0 fully saturated rings. The Morgan fingerprint density at radius 1 is 1.31 bits per heavy atom. The summed E-state index contributed by atoms with van der Waals surface area (Å²) >= 11 is 0. The van der Waals surface area contributed by atoms with Crippen LogP contribution in [0.5, 0.6) is 5.75 Å². The highest BCUT2D eigenvalue weighted by atomic mass is 19.1. The molecule has 0 saturated carbocycles. The van der Waals surface area contributed by atoms with Crippen molar-refractivity contribution in [2.24, 2.45) is 0 Å². The van der Waals surface area contributed by atoms with Crippen molar-refractivity contribution >= 4 is 0 Å². The second kappa shape index (κ2) is 6.09. The van der Waals surface area contributed by atoms with Gasteiger partial charge in [0.05, 0.1) is 0 Å². The third kappa shape index (κ3) is 3.21. The van der Waals surface area contributed by atoms with Gasteiger partial charge in [0.2, 0.25) is 0 Å². The number of benzene rings is 1. The average Bonchev–Trinajstić information content (AvgIpc) is 2.23. The number of halogens is 2. The summed E-state index contributed by atoms with van der Waals surface area (Å²) in [7, 11) is 1.71. The molecule has 0 aliphatic heterocycles. The molecular formula is C12H13F2NO. The summed E-state index contributed by atoms with van der Waals surface area (Å²) in [6.45, 7) is 2.02. The predicted octanol–water partition coefficient (Wildman–Crippen LogP) is 2.09. The minimum Gasteiger partial charge on any atom is -0.475 e. The van der Waals surface area contributed by atoms with Crippen LogP contribution in [0, 0.1) is 23.5 Å². The lowest BCUT2D eigenvalue weighted by atomic mass is 10.2. The Morgan fingerprint density at radius 2 is 1.94 bits per heavy atom. The van der Waals surface area contributed by atoms with E-state index in [4.69, 9.17) is 4.74 Å². The lowest BCUT2D eigenvalue weighted by Gasteiger charge is -2.07. The molecular weight excluding hydrogens is 212 g/mol. The van der Waals surface area contributed by atoms with Crippen LogP contribution in [-0.2, 0) is 6.54 Å². The van der Waals surface area contributed by atoms with Crippen LogP contribution in [0.3, 0.4) is 0 Å². The van der Waals surface area contributed by atoms with Crippen molar-refractivity contribution in [1.29, 1.82) is 0 Å². The second-order valence-electron chi connectivity index (χ2n) is 3.13. The van der Waals surface area contributed by atoms with E-state index in [2.05, 4.69) is 17.2 Å². The van der Waals surface area contributed by atoms with E-state index < -0.39 is 11.6 Å². The van der Waals surface area contributed by atoms with Crippen LogP contribution in [0.2, 0.25) is 0 Å². The molecule has 0 amide bonds. The molecule has 86 valence electrons. The quantitative estimate of drug-likeness (QED) is 0.792. The van der Waals surface area contributed by atoms with Crippen LogP contribution in [0.1, 0.15) is 12.5 Å². The molecule has 0 spiro atoms. The van der Waals surface area contributed by atoms with E-state index in [0.717, 1.165) is 0 Å². The van der Waals surface area contributed by atoms with E-state index in [1.165, 1.54) is 12.1 Å². The van der Waals surface area contributed by atoms with E-state index in [1.807, 2.05) is 0 Å². The van der Waals surface area contributed by atoms with Gasteiger partial charge in [-0.3, -0.25) is 0 Å². The highest BCUT2D eigenvalue weighted by molar-refractivity contribution is 5.31. The topological polar surface area (TPSA) is 21.3 Å². The summed E-state index contributed by atoms with van der Waals surface area (Å²) in [6, 6.07) is 2.49. The van der Waals surface area contributed by atoms with Crippen molar-refractivity contribution in [2.75, 3.05) is 13.7 Å². The fourth-order valence-corrected chi connectivity index (χ4v) is 1.24. The predicted molar refractivity (Wildman–Crippen MR) is 58.1 cm³/mol. The van der Waals surface area contributed by atoms with Gasteiger partial charge in [-0.15, -0.1) is 5.92 Å². The molecule has 1 N–H and O–H groups in total. The first-order valence-electron chi connectivity index (χ1n) is 4.84. The average molecular weight is 225 g/mol. The Bertz CT molecular complexity index is 398. The van der Waals surface area contributed by atoms with Gasteiger partial charge in [0.15, 0.2) is 17.4 Å². The molecule has 4 heteroatoms. The van der Waals surface area contributed by atoms with Gasteiger partial charge in [-0.2, -0.15) is 0 Å². The number of nitrogens with one attached hydrogen (secondary N) is 1. The van der Waals surface area contributed by atoms with Gasteiger partial charge in [0, 0.05) is 6.54 Å². The van der Waals surface area contributed by atoms with Gasteiger partial charge in [-0.05, 0) is 31.7 Å². The van der Waals surface area contributed by atoms with Crippen molar-refractivity contribution in [3.63, 3.8) is 0 Å². The van der Waals surface area contributed by atoms with Crippen LogP contribution in [-0.4, -0.2) is 13.7 Å². The minimum atomic E-state index is -0.705. The maximum atomic E-state index is 13.4. The Labute approximate surface area is 93.6 Å². The van der Waals surface area contributed by atoms with E-state index in [9.17, 15) is 8.78 Å². The summed E-state index contributed by atoms with van der Waals surface area (Å²) < 4.78 is 31.7. The van der Waals surface area contributed by atoms with E-state index in [1.54, 1.807) is 14.0 Å². The SMILES string of the molecule is CC#CCOc1c(F)cc(CNC)cc1F. The van der Waals surface area contributed by atoms with E-state index >= 15 is 0 Å². The molecule has 2 nitrogen and oxygen atoms in total. The highest BCUT2D eigenvalue weighted by Crippen LogP contribution is 2.23. The largest absolute Gasteiger partial charge is 0.475 e. The number of ether oxygens (including phenoxy) is 1. The Hall–Kier alpha value is -1.60. The molecule has 0 bridgehead atoms. The fourth-order valence-electron chi connectivity index (χ4n) is 1.24. The zero-order chi connectivity index (χ0) is 12.0. The first-order chi connectivity index (χ1) is 7.69. The number of rotatable bonds is 4. The molecule has 1 rings (SSSR count). The third-order valence-corrected chi connectivity index (χ3v) is 1.90. The molecule has 1 aromatic rings. The molecule has 16 heavy (non-hydrogen) atoms. The molecule has 1 aromatic carbocycles. The van der Waals surface area contributed by atoms with E-state index in [-0.39, 0.29) is 12.4 Å². The summed E-state index contributed by atoms with van der Waals surface area (Å²) in [6.07, 6.45) is 0. The van der Waals surface area contributed by atoms with Gasteiger partial charge >= 0.3 is 0 Å². The lowest BCUT2D eigenvalue weighted by molar-refractivity contribution is 0.325. The molecule has 0 aliphatic carbocycles. The molecule has 0 unspecified atom stereocenters. The number of hydrogen-bond donors (Lipinski definition) is 1. The zero-order valence-electron chi connectivity index (χ0n) is 9.23. The zero-order valence-corrected chi connectivity index (χ0v) is 9.23. The third-order valence-electron chi connectivity index (χ3n) is 1.90. The molecule has 0 saturated heterocycles. The lowest BCUT2D eigenvalue weighted by Crippen LogP contribution is -2.07. The molecule has 0 atom stereocenters. The van der Waals surface area contributed by atoms with Crippen LogP contribution in [0.15, 0.2) is 12.1 Å². The summed E-state index contributed by atoms with van der Waals surface area (Å²) in [5.41, 5.74) is 0.534. The van der Waals surface area contributed by atoms with Crippen LogP contribution < -0.4 is 10.1 Å². The summed E-state index contributed by atoms with van der Waals surface area (Å²) in [5.74, 6) is 3.37. The molecule has 0 aromatic heterocycles. The summed E-state index contributed by atoms with van der Waals surface area (Å²) in [5, 5.41) is 2.81. The summed E-state index contributed by atoms with van der Waals surface area (Å²) in [4.78, 5) is 0. The Morgan fingerprint density at radius 3 is 2.44 bits per heavy atom. The van der Waals surface area contributed by atoms with Gasteiger partial charge in [-0.25, -0.2) is 8.78 Å². The fraction of sp³-hybridized carbons (Fsp3) is 0.333. The normalized spacial score (nSPS) is 9.50. The second-order valence-corrected chi connectivity index (χ2v) is 3.13. The molecule has 0 heterocycles. The smallest absolute Gasteiger partial charge is 0.192 e. The van der Waals surface area contributed by atoms with Gasteiger partial charge in [0.1, 0.15) is 6.61 Å². The van der Waals surface area contributed by atoms with Crippen molar-refractivity contribution < 1.29 is 13.5 Å². The van der Waals surface area contributed by atoms with Gasteiger partial charge in [0.25, 0.3) is 0 Å². The van der Waals surface area contributed by atoms with Crippen LogP contribution in [0.25, 0.3) is 0 Å². The van der Waals surface area contributed by atoms with Crippen molar-refractivity contribution in [3.8, 4) is 17.6 Å². The van der Waals surface area contributed by atoms with Crippen molar-refractivity contribution in [3.05, 3.63) is 29.3 Å². The van der Waals surface area contributed by atoms with Crippen molar-refractivity contribution in [1.82, 2.24) is 5.32 Å². The van der Waals surface area contributed by atoms with Crippen LogP contribution in [0.4, 0.5) is 8.78 Å². The maximum Gasteiger partial charge on any atom is 0.192 e. The number of hydrogen-bond acceptors (Lipinski definition) is 2. The monoisotopic (exact) mass is 225 g/mol. The first-order valence-corrected chi connectivity index (χ1v) is 4.84. The maximum absolute atomic E-state index is 13.4. The Balaban J connectivity index is 2.87. The van der Waals surface area contributed by atoms with E-state index in [0.29, 0.717) is 12.1 Å². The van der Waals surface area contributed by atoms with Gasteiger partial charge < -0.3 is 10.1 Å². The minimum absolute atomic E-state index is 0.0181. The Kier molecular flexibility index (Phi) is 4.74. The molecule has 0 radical (unpaired) electrons. The first kappa shape index (κ1) is 12.5. The van der Waals surface area contributed by atoms with Gasteiger partial charge in [-0.1, -0.05) is 5.92 Å². The standard InChI is InChI=1S/C12H13F2NO/c1-3-4-5-16-12-10(13)6-9(8-15-2)7-11(12)14/h6-7,15H,5,8H2,1-2H3. The van der Waals surface area contributed by atoms with Crippen molar-refractivity contribution in [2.45, 2.75) is 13.5 Å². The van der Waals surface area contributed by atoms with Crippen LogP contribution >= 0.6 is 0 Å². The highest BCUT2D eigenvalue weighted by Gasteiger charge is 2.11.